The summed E-state index contributed by atoms with van der Waals surface area (Å²) in [6, 6.07) is 3.81. The van der Waals surface area contributed by atoms with Crippen molar-refractivity contribution in [1.82, 2.24) is 10.3 Å². The molecule has 2 atom stereocenters. The van der Waals surface area contributed by atoms with Crippen molar-refractivity contribution in [3.8, 4) is 0 Å². The molecule has 1 aromatic rings. The first kappa shape index (κ1) is 13.2. The topological polar surface area (TPSA) is 42.0 Å². The van der Waals surface area contributed by atoms with E-state index in [0.29, 0.717) is 0 Å². The van der Waals surface area contributed by atoms with Crippen LogP contribution in [0.2, 0.25) is 0 Å². The molecule has 1 amide bonds. The van der Waals surface area contributed by atoms with Crippen molar-refractivity contribution in [2.45, 2.75) is 31.6 Å². The summed E-state index contributed by atoms with van der Waals surface area (Å²) >= 11 is 3.38. The number of aromatic nitrogens is 1. The highest BCUT2D eigenvalue weighted by molar-refractivity contribution is 9.10. The van der Waals surface area contributed by atoms with Gasteiger partial charge >= 0.3 is 0 Å². The van der Waals surface area contributed by atoms with E-state index in [2.05, 4.69) is 26.2 Å². The summed E-state index contributed by atoms with van der Waals surface area (Å²) in [5, 5.41) is 2.95. The third-order valence-electron chi connectivity index (χ3n) is 2.38. The van der Waals surface area contributed by atoms with Gasteiger partial charge in [0.1, 0.15) is 0 Å². The van der Waals surface area contributed by atoms with Crippen molar-refractivity contribution in [3.05, 3.63) is 30.1 Å². The Morgan fingerprint density at radius 1 is 1.44 bits per heavy atom. The van der Waals surface area contributed by atoms with Crippen LogP contribution in [0.25, 0.3) is 0 Å². The van der Waals surface area contributed by atoms with E-state index < -0.39 is 0 Å². The second-order valence-electron chi connectivity index (χ2n) is 4.16. The zero-order valence-electron chi connectivity index (χ0n) is 9.77. The molecule has 1 rings (SSSR count). The van der Waals surface area contributed by atoms with Crippen molar-refractivity contribution in [2.75, 3.05) is 0 Å². The fourth-order valence-corrected chi connectivity index (χ4v) is 1.44. The molecular weight excluding hydrogens is 268 g/mol. The lowest BCUT2D eigenvalue weighted by Crippen LogP contribution is -2.35. The molecule has 1 heterocycles. The second kappa shape index (κ2) is 5.99. The number of hydrogen-bond donors (Lipinski definition) is 1. The van der Waals surface area contributed by atoms with Crippen LogP contribution in [0.1, 0.15) is 32.4 Å². The number of nitrogens with one attached hydrogen (secondary N) is 1. The van der Waals surface area contributed by atoms with E-state index in [0.717, 1.165) is 5.56 Å². The molecule has 0 aliphatic heterocycles. The highest BCUT2D eigenvalue weighted by Gasteiger charge is 2.20. The molecule has 88 valence electrons. The van der Waals surface area contributed by atoms with Crippen molar-refractivity contribution in [3.63, 3.8) is 0 Å². The Kier molecular flexibility index (Phi) is 4.93. The van der Waals surface area contributed by atoms with Crippen LogP contribution >= 0.6 is 15.9 Å². The lowest BCUT2D eigenvalue weighted by Gasteiger charge is -2.18. The van der Waals surface area contributed by atoms with E-state index in [9.17, 15) is 4.79 Å². The van der Waals surface area contributed by atoms with Crippen molar-refractivity contribution in [2.24, 2.45) is 5.92 Å². The molecule has 0 radical (unpaired) electrons. The lowest BCUT2D eigenvalue weighted by molar-refractivity contribution is -0.121. The van der Waals surface area contributed by atoms with Gasteiger partial charge in [0.25, 0.3) is 0 Å². The average Bonchev–Trinajstić information content (AvgIpc) is 2.28. The summed E-state index contributed by atoms with van der Waals surface area (Å²) in [5.41, 5.74) is 1.01. The minimum absolute atomic E-state index is 0.0139. The van der Waals surface area contributed by atoms with Gasteiger partial charge in [0, 0.05) is 12.4 Å². The minimum atomic E-state index is -0.147. The number of carbonyl (C=O) groups excluding carboxylic acids is 1. The first-order valence-corrected chi connectivity index (χ1v) is 6.28. The van der Waals surface area contributed by atoms with E-state index in [4.69, 9.17) is 0 Å². The van der Waals surface area contributed by atoms with E-state index >= 15 is 0 Å². The van der Waals surface area contributed by atoms with Crippen LogP contribution in [-0.4, -0.2) is 15.7 Å². The van der Waals surface area contributed by atoms with Crippen molar-refractivity contribution in [1.29, 1.82) is 0 Å². The van der Waals surface area contributed by atoms with Gasteiger partial charge in [-0.2, -0.15) is 0 Å². The fourth-order valence-electron chi connectivity index (χ4n) is 1.31. The van der Waals surface area contributed by atoms with E-state index in [1.54, 1.807) is 12.4 Å². The largest absolute Gasteiger partial charge is 0.349 e. The van der Waals surface area contributed by atoms with Crippen molar-refractivity contribution >= 4 is 21.8 Å². The third kappa shape index (κ3) is 3.59. The maximum Gasteiger partial charge on any atom is 0.234 e. The van der Waals surface area contributed by atoms with Crippen molar-refractivity contribution < 1.29 is 4.79 Å². The molecule has 0 spiro atoms. The predicted octanol–water partition coefficient (Wildman–Crippen LogP) is 2.68. The highest BCUT2D eigenvalue weighted by atomic mass is 79.9. The fraction of sp³-hybridized carbons (Fsp3) is 0.500. The number of rotatable bonds is 4. The Balaban J connectivity index is 2.58. The molecule has 0 saturated carbocycles. The Bertz CT molecular complexity index is 340. The molecule has 0 aliphatic carbocycles. The monoisotopic (exact) mass is 284 g/mol. The molecule has 1 unspecified atom stereocenters. The maximum absolute atomic E-state index is 11.8. The van der Waals surface area contributed by atoms with Crippen LogP contribution in [0.15, 0.2) is 24.5 Å². The highest BCUT2D eigenvalue weighted by Crippen LogP contribution is 2.15. The van der Waals surface area contributed by atoms with Gasteiger partial charge in [0.2, 0.25) is 5.91 Å². The van der Waals surface area contributed by atoms with Gasteiger partial charge in [-0.05, 0) is 24.5 Å². The van der Waals surface area contributed by atoms with Gasteiger partial charge in [-0.25, -0.2) is 0 Å². The molecule has 1 aromatic heterocycles. The number of halogens is 1. The summed E-state index contributed by atoms with van der Waals surface area (Å²) in [5.74, 6) is 0.299. The van der Waals surface area contributed by atoms with Crippen LogP contribution in [0.4, 0.5) is 0 Å². The zero-order valence-corrected chi connectivity index (χ0v) is 11.4. The van der Waals surface area contributed by atoms with Gasteiger partial charge in [0.05, 0.1) is 10.9 Å². The Labute approximate surface area is 105 Å². The van der Waals surface area contributed by atoms with Gasteiger partial charge in [-0.15, -0.1) is 0 Å². The molecule has 1 N–H and O–H groups in total. The summed E-state index contributed by atoms with van der Waals surface area (Å²) in [7, 11) is 0. The van der Waals surface area contributed by atoms with E-state index in [-0.39, 0.29) is 22.7 Å². The van der Waals surface area contributed by atoms with Gasteiger partial charge in [-0.1, -0.05) is 35.8 Å². The number of carbonyl (C=O) groups is 1. The number of hydrogen-bond acceptors (Lipinski definition) is 2. The molecule has 0 bridgehead atoms. The smallest absolute Gasteiger partial charge is 0.234 e. The molecule has 4 heteroatoms. The molecular formula is C12H17BrN2O. The molecule has 0 saturated heterocycles. The van der Waals surface area contributed by atoms with Gasteiger partial charge in [0.15, 0.2) is 0 Å². The summed E-state index contributed by atoms with van der Waals surface area (Å²) in [4.78, 5) is 15.7. The first-order valence-electron chi connectivity index (χ1n) is 5.36. The Morgan fingerprint density at radius 3 is 2.62 bits per heavy atom. The molecule has 0 aliphatic rings. The van der Waals surface area contributed by atoms with E-state index in [1.807, 2.05) is 32.9 Å². The summed E-state index contributed by atoms with van der Waals surface area (Å²) < 4.78 is 0. The van der Waals surface area contributed by atoms with Crippen LogP contribution < -0.4 is 5.32 Å². The number of alkyl halides is 1. The van der Waals surface area contributed by atoms with Gasteiger partial charge in [-0.3, -0.25) is 9.78 Å². The molecule has 3 nitrogen and oxygen atoms in total. The maximum atomic E-state index is 11.8. The van der Waals surface area contributed by atoms with Crippen LogP contribution in [0.5, 0.6) is 0 Å². The number of nitrogens with zero attached hydrogens (tertiary/aromatic N) is 1. The number of amides is 1. The zero-order chi connectivity index (χ0) is 12.1. The predicted molar refractivity (Wildman–Crippen MR) is 68.3 cm³/mol. The first-order chi connectivity index (χ1) is 7.52. The summed E-state index contributed by atoms with van der Waals surface area (Å²) in [6.07, 6.45) is 3.49. The molecule has 0 aromatic carbocycles. The third-order valence-corrected chi connectivity index (χ3v) is 3.85. The standard InChI is InChI=1S/C12H17BrN2O/c1-8(2)11(13)12(16)15-9(3)10-5-4-6-14-7-10/h4-9,11H,1-3H3,(H,15,16)/t9-,11?/m0/s1. The van der Waals surface area contributed by atoms with Gasteiger partial charge < -0.3 is 5.32 Å². The molecule has 16 heavy (non-hydrogen) atoms. The normalized spacial score (nSPS) is 14.6. The summed E-state index contributed by atoms with van der Waals surface area (Å²) in [6.45, 7) is 5.97. The Morgan fingerprint density at radius 2 is 2.12 bits per heavy atom. The minimum Gasteiger partial charge on any atom is -0.349 e. The SMILES string of the molecule is CC(C)C(Br)C(=O)N[C@@H](C)c1cccnc1. The van der Waals surface area contributed by atoms with Crippen LogP contribution in [-0.2, 0) is 4.79 Å². The quantitative estimate of drug-likeness (QED) is 0.864. The Hall–Kier alpha value is -0.900. The average molecular weight is 285 g/mol. The lowest BCUT2D eigenvalue weighted by atomic mass is 10.1. The molecule has 0 fully saturated rings. The van der Waals surface area contributed by atoms with Crippen LogP contribution in [0.3, 0.4) is 0 Å². The van der Waals surface area contributed by atoms with Crippen LogP contribution in [0, 0.1) is 5.92 Å². The second-order valence-corrected chi connectivity index (χ2v) is 5.15. The van der Waals surface area contributed by atoms with E-state index in [1.165, 1.54) is 0 Å². The number of pyridine rings is 1.